The van der Waals surface area contributed by atoms with Crippen LogP contribution in [-0.2, 0) is 14.9 Å². The summed E-state index contributed by atoms with van der Waals surface area (Å²) in [5.74, 6) is 0.279. The molecular weight excluding hydrogens is 232 g/mol. The number of aliphatic hydroxyl groups is 1. The second-order valence-electron chi connectivity index (χ2n) is 3.98. The second kappa shape index (κ2) is 6.51. The van der Waals surface area contributed by atoms with E-state index in [1.54, 1.807) is 0 Å². The highest BCUT2D eigenvalue weighted by Gasteiger charge is 2.21. The van der Waals surface area contributed by atoms with Crippen LogP contribution in [0.25, 0.3) is 0 Å². The maximum atomic E-state index is 11.7. The minimum atomic E-state index is -3.40. The summed E-state index contributed by atoms with van der Waals surface area (Å²) in [6.07, 6.45) is 1.35. The molecule has 7 heteroatoms. The van der Waals surface area contributed by atoms with Crippen LogP contribution in [0, 0.1) is 5.92 Å². The van der Waals surface area contributed by atoms with E-state index in [0.717, 1.165) is 6.42 Å². The van der Waals surface area contributed by atoms with Gasteiger partial charge in [0.1, 0.15) is 0 Å². The summed E-state index contributed by atoms with van der Waals surface area (Å²) in [5, 5.41) is 8.62. The Kier molecular flexibility index (Phi) is 5.63. The van der Waals surface area contributed by atoms with Gasteiger partial charge in [-0.2, -0.15) is 12.7 Å². The highest BCUT2D eigenvalue weighted by Crippen LogP contribution is 2.11. The van der Waals surface area contributed by atoms with Gasteiger partial charge in [0.05, 0.1) is 6.61 Å². The molecule has 0 aromatic carbocycles. The molecule has 96 valence electrons. The molecule has 1 unspecified atom stereocenters. The van der Waals surface area contributed by atoms with Crippen molar-refractivity contribution < 1.29 is 18.3 Å². The monoisotopic (exact) mass is 252 g/mol. The number of aliphatic hydroxyl groups excluding tert-OH is 1. The highest BCUT2D eigenvalue weighted by atomic mass is 32.2. The van der Waals surface area contributed by atoms with E-state index in [-0.39, 0.29) is 12.5 Å². The highest BCUT2D eigenvalue weighted by molar-refractivity contribution is 7.87. The zero-order valence-electron chi connectivity index (χ0n) is 9.55. The number of nitrogens with one attached hydrogen (secondary N) is 1. The molecule has 2 N–H and O–H groups in total. The van der Waals surface area contributed by atoms with Crippen molar-refractivity contribution in [1.29, 1.82) is 0 Å². The molecule has 16 heavy (non-hydrogen) atoms. The van der Waals surface area contributed by atoms with Gasteiger partial charge in [0.15, 0.2) is 0 Å². The molecule has 0 aromatic rings. The summed E-state index contributed by atoms with van der Waals surface area (Å²) in [6, 6.07) is 0. The average Bonchev–Trinajstić information content (AvgIpc) is 2.76. The zero-order chi connectivity index (χ0) is 12.0. The van der Waals surface area contributed by atoms with E-state index in [1.165, 1.54) is 11.4 Å². The van der Waals surface area contributed by atoms with E-state index >= 15 is 0 Å². The third kappa shape index (κ3) is 4.34. The second-order valence-corrected chi connectivity index (χ2v) is 5.84. The number of rotatable bonds is 7. The lowest BCUT2D eigenvalue weighted by molar-refractivity contribution is 0.186. The summed E-state index contributed by atoms with van der Waals surface area (Å²) in [4.78, 5) is 0. The lowest BCUT2D eigenvalue weighted by Gasteiger charge is -2.18. The van der Waals surface area contributed by atoms with Gasteiger partial charge in [-0.15, -0.1) is 0 Å². The van der Waals surface area contributed by atoms with Crippen molar-refractivity contribution in [2.45, 2.75) is 12.8 Å². The molecule has 0 bridgehead atoms. The van der Waals surface area contributed by atoms with Crippen molar-refractivity contribution in [2.24, 2.45) is 5.92 Å². The van der Waals surface area contributed by atoms with Crippen molar-refractivity contribution in [3.05, 3.63) is 0 Å². The summed E-state index contributed by atoms with van der Waals surface area (Å²) in [6.45, 7) is 2.09. The van der Waals surface area contributed by atoms with Crippen molar-refractivity contribution in [3.8, 4) is 0 Å². The van der Waals surface area contributed by atoms with Gasteiger partial charge in [-0.1, -0.05) is 0 Å². The van der Waals surface area contributed by atoms with Gasteiger partial charge in [-0.05, 0) is 18.8 Å². The third-order valence-electron chi connectivity index (χ3n) is 2.62. The molecule has 0 radical (unpaired) electrons. The van der Waals surface area contributed by atoms with Gasteiger partial charge < -0.3 is 9.84 Å². The Morgan fingerprint density at radius 3 is 2.88 bits per heavy atom. The van der Waals surface area contributed by atoms with Crippen LogP contribution in [0.1, 0.15) is 12.8 Å². The van der Waals surface area contributed by atoms with Crippen LogP contribution in [-0.4, -0.2) is 57.8 Å². The molecule has 1 fully saturated rings. The first-order valence-corrected chi connectivity index (χ1v) is 6.90. The maximum Gasteiger partial charge on any atom is 0.279 e. The molecule has 1 rings (SSSR count). The topological polar surface area (TPSA) is 78.9 Å². The molecule has 1 heterocycles. The van der Waals surface area contributed by atoms with Crippen LogP contribution < -0.4 is 4.72 Å². The Morgan fingerprint density at radius 2 is 2.31 bits per heavy atom. The molecule has 1 aliphatic rings. The minimum absolute atomic E-state index is 0.00365. The lowest BCUT2D eigenvalue weighted by atomic mass is 10.1. The fourth-order valence-electron chi connectivity index (χ4n) is 1.49. The normalized spacial score (nSPS) is 21.8. The van der Waals surface area contributed by atoms with Crippen molar-refractivity contribution >= 4 is 10.2 Å². The van der Waals surface area contributed by atoms with Crippen LogP contribution in [0.4, 0.5) is 0 Å². The van der Waals surface area contributed by atoms with E-state index in [9.17, 15) is 8.42 Å². The van der Waals surface area contributed by atoms with Crippen molar-refractivity contribution in [3.63, 3.8) is 0 Å². The summed E-state index contributed by atoms with van der Waals surface area (Å²) in [7, 11) is -1.90. The van der Waals surface area contributed by atoms with Crippen molar-refractivity contribution in [2.75, 3.05) is 40.0 Å². The first-order valence-electron chi connectivity index (χ1n) is 5.46. The zero-order valence-corrected chi connectivity index (χ0v) is 10.4. The largest absolute Gasteiger partial charge is 0.396 e. The van der Waals surface area contributed by atoms with Gasteiger partial charge in [-0.25, -0.2) is 4.72 Å². The molecule has 0 spiro atoms. The predicted octanol–water partition coefficient (Wildman–Crippen LogP) is -0.828. The van der Waals surface area contributed by atoms with Crippen LogP contribution in [0.2, 0.25) is 0 Å². The molecule has 1 atom stereocenters. The lowest BCUT2D eigenvalue weighted by Crippen LogP contribution is -2.41. The SMILES string of the molecule is CN(CCCO)S(=O)(=O)NCC1CCOC1. The molecule has 0 saturated carbocycles. The number of ether oxygens (including phenoxy) is 1. The standard InChI is InChI=1S/C9H20N2O4S/c1-11(4-2-5-12)16(13,14)10-7-9-3-6-15-8-9/h9-10,12H,2-8H2,1H3. The number of hydrogen-bond donors (Lipinski definition) is 2. The fourth-order valence-corrected chi connectivity index (χ4v) is 2.53. The first kappa shape index (κ1) is 13.9. The van der Waals surface area contributed by atoms with Gasteiger partial charge >= 0.3 is 0 Å². The summed E-state index contributed by atoms with van der Waals surface area (Å²) < 4.78 is 32.3. The third-order valence-corrected chi connectivity index (χ3v) is 4.15. The summed E-state index contributed by atoms with van der Waals surface area (Å²) in [5.41, 5.74) is 0. The molecule has 0 amide bonds. The molecule has 0 aromatic heterocycles. The molecule has 1 saturated heterocycles. The first-order chi connectivity index (χ1) is 7.56. The molecule has 1 aliphatic heterocycles. The quantitative estimate of drug-likeness (QED) is 0.620. The number of hydrogen-bond acceptors (Lipinski definition) is 4. The Bertz CT molecular complexity index is 288. The Balaban J connectivity index is 2.32. The van der Waals surface area contributed by atoms with Gasteiger partial charge in [-0.3, -0.25) is 0 Å². The van der Waals surface area contributed by atoms with E-state index in [4.69, 9.17) is 9.84 Å². The van der Waals surface area contributed by atoms with Gasteiger partial charge in [0.2, 0.25) is 0 Å². The number of nitrogens with zero attached hydrogens (tertiary/aromatic N) is 1. The molecule has 0 aliphatic carbocycles. The van der Waals surface area contributed by atoms with Gasteiger partial charge in [0, 0.05) is 33.4 Å². The Labute approximate surface area is 96.8 Å². The summed E-state index contributed by atoms with van der Waals surface area (Å²) >= 11 is 0. The maximum absolute atomic E-state index is 11.7. The fraction of sp³-hybridized carbons (Fsp3) is 1.00. The van der Waals surface area contributed by atoms with Crippen LogP contribution in [0.5, 0.6) is 0 Å². The Morgan fingerprint density at radius 1 is 1.56 bits per heavy atom. The van der Waals surface area contributed by atoms with E-state index in [0.29, 0.717) is 32.7 Å². The average molecular weight is 252 g/mol. The minimum Gasteiger partial charge on any atom is -0.396 e. The van der Waals surface area contributed by atoms with E-state index in [2.05, 4.69) is 4.72 Å². The smallest absolute Gasteiger partial charge is 0.279 e. The van der Waals surface area contributed by atoms with Crippen LogP contribution >= 0.6 is 0 Å². The van der Waals surface area contributed by atoms with E-state index < -0.39 is 10.2 Å². The van der Waals surface area contributed by atoms with Crippen LogP contribution in [0.15, 0.2) is 0 Å². The Hall–Kier alpha value is -0.210. The van der Waals surface area contributed by atoms with E-state index in [1.807, 2.05) is 0 Å². The van der Waals surface area contributed by atoms with Crippen molar-refractivity contribution in [1.82, 2.24) is 9.03 Å². The van der Waals surface area contributed by atoms with Gasteiger partial charge in [0.25, 0.3) is 10.2 Å². The van der Waals surface area contributed by atoms with Crippen LogP contribution in [0.3, 0.4) is 0 Å². The molecular formula is C9H20N2O4S. The molecule has 6 nitrogen and oxygen atoms in total. The predicted molar refractivity (Wildman–Crippen MR) is 60.2 cm³/mol.